The van der Waals surface area contributed by atoms with E-state index in [1.165, 1.54) is 5.56 Å². The maximum Gasteiger partial charge on any atom is 0.205 e. The second kappa shape index (κ2) is 7.68. The van der Waals surface area contributed by atoms with Crippen LogP contribution >= 0.6 is 7.29 Å². The van der Waals surface area contributed by atoms with Gasteiger partial charge in [-0.3, -0.25) is 9.65 Å². The molecule has 2 nitrogen and oxygen atoms in total. The summed E-state index contributed by atoms with van der Waals surface area (Å²) in [6.07, 6.45) is 3.11. The van der Waals surface area contributed by atoms with Crippen LogP contribution in [0.4, 0.5) is 0 Å². The highest BCUT2D eigenvalue weighted by Gasteiger charge is 2.44. The summed E-state index contributed by atoms with van der Waals surface area (Å²) < 4.78 is 14.4. The van der Waals surface area contributed by atoms with Crippen LogP contribution in [0.3, 0.4) is 0 Å². The first-order valence-electron chi connectivity index (χ1n) is 9.39. The lowest BCUT2D eigenvalue weighted by Gasteiger charge is -2.28. The molecule has 27 heavy (non-hydrogen) atoms. The first kappa shape index (κ1) is 18.0. The van der Waals surface area contributed by atoms with Crippen LogP contribution in [0.25, 0.3) is 0 Å². The molecular weight excluding hydrogens is 349 g/mol. The van der Waals surface area contributed by atoms with Gasteiger partial charge in [-0.1, -0.05) is 72.8 Å². The Kier molecular flexibility index (Phi) is 5.11. The van der Waals surface area contributed by atoms with Crippen LogP contribution in [-0.4, -0.2) is 0 Å². The molecule has 1 saturated carbocycles. The van der Waals surface area contributed by atoms with Crippen molar-refractivity contribution in [2.45, 2.75) is 12.5 Å². The van der Waals surface area contributed by atoms with Gasteiger partial charge in [-0.2, -0.15) is 0 Å². The Hall–Kier alpha value is -2.41. The molecule has 1 aliphatic rings. The van der Waals surface area contributed by atoms with Gasteiger partial charge in [-0.15, -0.1) is 6.58 Å². The van der Waals surface area contributed by atoms with E-state index in [4.69, 9.17) is 0 Å². The Labute approximate surface area is 161 Å². The zero-order valence-electron chi connectivity index (χ0n) is 15.2. The molecule has 3 heteroatoms. The number of allylic oxidation sites excluding steroid dienone is 1. The van der Waals surface area contributed by atoms with Gasteiger partial charge in [0.25, 0.3) is 0 Å². The molecule has 4 rings (SSSR count). The minimum Gasteiger partial charge on any atom is -0.297 e. The molecule has 0 aliphatic heterocycles. The van der Waals surface area contributed by atoms with Gasteiger partial charge in [-0.05, 0) is 48.1 Å². The lowest BCUT2D eigenvalue weighted by atomic mass is 10.0. The SMILES string of the molecule is C=C[C@@H]1C[C@H]1[C@@H](NP(=O)(c1ccccc1)c1ccccc1)c1ccccc1. The largest absolute Gasteiger partial charge is 0.297 e. The van der Waals surface area contributed by atoms with Crippen molar-refractivity contribution in [1.82, 2.24) is 5.09 Å². The van der Waals surface area contributed by atoms with Gasteiger partial charge in [0.1, 0.15) is 0 Å². The lowest BCUT2D eigenvalue weighted by molar-refractivity contribution is 0.527. The third-order valence-corrected chi connectivity index (χ3v) is 8.03. The Bertz CT molecular complexity index is 896. The molecule has 0 spiro atoms. The standard InChI is InChI=1S/C24H24NOP/c1-2-19-18-23(19)24(20-12-6-3-7-13-20)25-27(26,21-14-8-4-9-15-21)22-16-10-5-11-17-22/h2-17,19,23-24H,1,18H2,(H,25,26)/t19-,23-,24+/m1/s1. The Morgan fingerprint density at radius 2 is 1.33 bits per heavy atom. The average molecular weight is 373 g/mol. The van der Waals surface area contributed by atoms with Crippen molar-refractivity contribution in [3.05, 3.63) is 109 Å². The van der Waals surface area contributed by atoms with Crippen molar-refractivity contribution >= 4 is 17.9 Å². The van der Waals surface area contributed by atoms with Crippen LogP contribution in [0.1, 0.15) is 18.0 Å². The van der Waals surface area contributed by atoms with E-state index in [0.717, 1.165) is 17.0 Å². The van der Waals surface area contributed by atoms with Crippen molar-refractivity contribution in [3.8, 4) is 0 Å². The van der Waals surface area contributed by atoms with Crippen molar-refractivity contribution in [3.63, 3.8) is 0 Å². The third-order valence-electron chi connectivity index (χ3n) is 5.34. The van der Waals surface area contributed by atoms with E-state index in [0.29, 0.717) is 11.8 Å². The highest BCUT2D eigenvalue weighted by molar-refractivity contribution is 7.76. The van der Waals surface area contributed by atoms with E-state index < -0.39 is 7.29 Å². The molecule has 3 aromatic rings. The number of benzene rings is 3. The van der Waals surface area contributed by atoms with Crippen molar-refractivity contribution in [1.29, 1.82) is 0 Å². The topological polar surface area (TPSA) is 29.1 Å². The van der Waals surface area contributed by atoms with Crippen LogP contribution in [0, 0.1) is 11.8 Å². The zero-order chi connectivity index (χ0) is 18.7. The number of rotatable bonds is 7. The molecule has 0 amide bonds. The number of nitrogens with one attached hydrogen (secondary N) is 1. The van der Waals surface area contributed by atoms with E-state index in [9.17, 15) is 4.57 Å². The summed E-state index contributed by atoms with van der Waals surface area (Å²) in [5.41, 5.74) is 1.18. The molecular formula is C24H24NOP. The van der Waals surface area contributed by atoms with E-state index in [-0.39, 0.29) is 6.04 Å². The average Bonchev–Trinajstić information content (AvgIpc) is 3.53. The summed E-state index contributed by atoms with van der Waals surface area (Å²) in [6, 6.07) is 30.0. The Morgan fingerprint density at radius 3 is 1.78 bits per heavy atom. The van der Waals surface area contributed by atoms with Crippen LogP contribution in [-0.2, 0) is 4.57 Å². The van der Waals surface area contributed by atoms with Gasteiger partial charge in [-0.25, -0.2) is 0 Å². The van der Waals surface area contributed by atoms with E-state index in [2.05, 4.69) is 23.8 Å². The van der Waals surface area contributed by atoms with Crippen molar-refractivity contribution in [2.75, 3.05) is 0 Å². The first-order valence-corrected chi connectivity index (χ1v) is 11.1. The predicted molar refractivity (Wildman–Crippen MR) is 114 cm³/mol. The second-order valence-corrected chi connectivity index (χ2v) is 9.61. The molecule has 0 heterocycles. The molecule has 0 radical (unpaired) electrons. The lowest BCUT2D eigenvalue weighted by Crippen LogP contribution is -2.31. The molecule has 136 valence electrons. The molecule has 1 fully saturated rings. The normalized spacial score (nSPS) is 20.0. The Balaban J connectivity index is 1.78. The summed E-state index contributed by atoms with van der Waals surface area (Å²) in [5, 5.41) is 5.29. The highest BCUT2D eigenvalue weighted by Crippen LogP contribution is 2.52. The molecule has 3 atom stereocenters. The van der Waals surface area contributed by atoms with E-state index in [1.54, 1.807) is 0 Å². The first-order chi connectivity index (χ1) is 13.2. The number of hydrogen-bond acceptors (Lipinski definition) is 1. The maximum absolute atomic E-state index is 14.4. The number of hydrogen-bond donors (Lipinski definition) is 1. The summed E-state index contributed by atoms with van der Waals surface area (Å²) in [6.45, 7) is 3.96. The van der Waals surface area contributed by atoms with Gasteiger partial charge >= 0.3 is 0 Å². The van der Waals surface area contributed by atoms with Crippen molar-refractivity contribution < 1.29 is 4.57 Å². The van der Waals surface area contributed by atoms with Crippen LogP contribution in [0.5, 0.6) is 0 Å². The molecule has 1 aliphatic carbocycles. The third kappa shape index (κ3) is 3.69. The summed E-state index contributed by atoms with van der Waals surface area (Å²) >= 11 is 0. The van der Waals surface area contributed by atoms with Crippen molar-refractivity contribution in [2.24, 2.45) is 11.8 Å². The van der Waals surface area contributed by atoms with Gasteiger partial charge in [0.05, 0.1) is 0 Å². The second-order valence-electron chi connectivity index (χ2n) is 7.10. The van der Waals surface area contributed by atoms with E-state index >= 15 is 0 Å². The fourth-order valence-electron chi connectivity index (χ4n) is 3.74. The van der Waals surface area contributed by atoms with Gasteiger partial charge in [0.2, 0.25) is 7.29 Å². The van der Waals surface area contributed by atoms with Gasteiger partial charge in [0, 0.05) is 16.7 Å². The summed E-state index contributed by atoms with van der Waals surface area (Å²) in [4.78, 5) is 0. The maximum atomic E-state index is 14.4. The quantitative estimate of drug-likeness (QED) is 0.463. The smallest absolute Gasteiger partial charge is 0.205 e. The molecule has 0 saturated heterocycles. The monoisotopic (exact) mass is 373 g/mol. The molecule has 0 bridgehead atoms. The molecule has 3 aromatic carbocycles. The minimum atomic E-state index is -2.98. The van der Waals surface area contributed by atoms with Gasteiger partial charge in [0.15, 0.2) is 0 Å². The van der Waals surface area contributed by atoms with Gasteiger partial charge < -0.3 is 0 Å². The fourth-order valence-corrected chi connectivity index (χ4v) is 6.25. The van der Waals surface area contributed by atoms with Crippen LogP contribution in [0.2, 0.25) is 0 Å². The van der Waals surface area contributed by atoms with Crippen LogP contribution in [0.15, 0.2) is 104 Å². The predicted octanol–water partition coefficient (Wildman–Crippen LogP) is 5.07. The highest BCUT2D eigenvalue weighted by atomic mass is 31.2. The molecule has 0 unspecified atom stereocenters. The summed E-state index contributed by atoms with van der Waals surface area (Å²) in [5.74, 6) is 0.897. The van der Waals surface area contributed by atoms with E-state index in [1.807, 2.05) is 84.9 Å². The molecule has 1 N–H and O–H groups in total. The molecule has 0 aromatic heterocycles. The Morgan fingerprint density at radius 1 is 0.852 bits per heavy atom. The summed E-state index contributed by atoms with van der Waals surface area (Å²) in [7, 11) is -2.98. The minimum absolute atomic E-state index is 0.0282. The fraction of sp³-hybridized carbons (Fsp3) is 0.167. The zero-order valence-corrected chi connectivity index (χ0v) is 16.1. The van der Waals surface area contributed by atoms with Crippen LogP contribution < -0.4 is 15.7 Å².